The van der Waals surface area contributed by atoms with Crippen LogP contribution in [0.15, 0.2) is 24.3 Å². The van der Waals surface area contributed by atoms with Crippen LogP contribution in [-0.2, 0) is 11.3 Å². The van der Waals surface area contributed by atoms with Crippen molar-refractivity contribution in [2.45, 2.75) is 12.6 Å². The zero-order valence-electron chi connectivity index (χ0n) is 10.3. The maximum Gasteiger partial charge on any atom is 0.328 e. The lowest BCUT2D eigenvalue weighted by molar-refractivity contribution is -0.385. The molecule has 1 aromatic rings. The molecule has 0 radical (unpaired) electrons. The molecule has 0 unspecified atom stereocenters. The summed E-state index contributed by atoms with van der Waals surface area (Å²) in [6.07, 6.45) is 0. The number of aliphatic hydroxyl groups excluding tert-OH is 1. The Bertz CT molecular complexity index is 519. The number of rotatable bonds is 6. The molecule has 0 heterocycles. The van der Waals surface area contributed by atoms with Crippen molar-refractivity contribution < 1.29 is 24.7 Å². The van der Waals surface area contributed by atoms with E-state index < -0.39 is 29.6 Å². The average Bonchev–Trinajstić information content (AvgIpc) is 2.42. The molecule has 9 nitrogen and oxygen atoms in total. The van der Waals surface area contributed by atoms with Gasteiger partial charge in [-0.2, -0.15) is 0 Å². The number of nitro groups is 1. The Morgan fingerprint density at radius 1 is 1.35 bits per heavy atom. The molecule has 2 amide bonds. The maximum absolute atomic E-state index is 11.4. The van der Waals surface area contributed by atoms with Crippen molar-refractivity contribution in [2.24, 2.45) is 0 Å². The minimum Gasteiger partial charge on any atom is -0.480 e. The van der Waals surface area contributed by atoms with Crippen LogP contribution in [0, 0.1) is 10.1 Å². The molecule has 0 spiro atoms. The number of hydrogen-bond donors (Lipinski definition) is 4. The van der Waals surface area contributed by atoms with Crippen LogP contribution in [0.3, 0.4) is 0 Å². The number of hydrogen-bond acceptors (Lipinski definition) is 5. The Hall–Kier alpha value is -2.68. The highest BCUT2D eigenvalue weighted by Crippen LogP contribution is 2.16. The second-order valence-electron chi connectivity index (χ2n) is 3.79. The second-order valence-corrected chi connectivity index (χ2v) is 3.79. The predicted octanol–water partition coefficient (Wildman–Crippen LogP) is -0.161. The molecule has 0 aliphatic rings. The van der Waals surface area contributed by atoms with Crippen LogP contribution >= 0.6 is 0 Å². The zero-order valence-corrected chi connectivity index (χ0v) is 10.3. The first kappa shape index (κ1) is 15.4. The van der Waals surface area contributed by atoms with Gasteiger partial charge in [0.1, 0.15) is 0 Å². The zero-order chi connectivity index (χ0) is 15.1. The lowest BCUT2D eigenvalue weighted by atomic mass is 10.2. The van der Waals surface area contributed by atoms with Gasteiger partial charge in [-0.15, -0.1) is 0 Å². The van der Waals surface area contributed by atoms with E-state index in [0.717, 1.165) is 0 Å². The summed E-state index contributed by atoms with van der Waals surface area (Å²) in [4.78, 5) is 32.2. The molecular formula is C11H13N3O6. The Labute approximate surface area is 113 Å². The normalized spacial score (nSPS) is 11.4. The number of benzene rings is 1. The molecule has 4 N–H and O–H groups in total. The van der Waals surface area contributed by atoms with Gasteiger partial charge < -0.3 is 20.8 Å². The highest BCUT2D eigenvalue weighted by molar-refractivity contribution is 5.82. The van der Waals surface area contributed by atoms with Gasteiger partial charge in [0.15, 0.2) is 6.04 Å². The number of urea groups is 1. The number of carboxylic acids is 1. The minimum atomic E-state index is -1.43. The number of amides is 2. The van der Waals surface area contributed by atoms with E-state index in [-0.39, 0.29) is 17.8 Å². The summed E-state index contributed by atoms with van der Waals surface area (Å²) in [5.41, 5.74) is 0.133. The number of nitrogens with zero attached hydrogens (tertiary/aromatic N) is 1. The van der Waals surface area contributed by atoms with Gasteiger partial charge in [-0.1, -0.05) is 18.2 Å². The number of carboxylic acid groups (broad SMARTS) is 1. The van der Waals surface area contributed by atoms with Gasteiger partial charge in [0.25, 0.3) is 5.69 Å². The van der Waals surface area contributed by atoms with Crippen LogP contribution in [0.1, 0.15) is 5.56 Å². The Morgan fingerprint density at radius 2 is 2.00 bits per heavy atom. The van der Waals surface area contributed by atoms with Crippen molar-refractivity contribution in [3.05, 3.63) is 39.9 Å². The van der Waals surface area contributed by atoms with Gasteiger partial charge in [0.05, 0.1) is 18.1 Å². The first-order valence-corrected chi connectivity index (χ1v) is 5.56. The Balaban J connectivity index is 2.61. The lowest BCUT2D eigenvalue weighted by Gasteiger charge is -2.12. The van der Waals surface area contributed by atoms with Gasteiger partial charge in [-0.05, 0) is 0 Å². The van der Waals surface area contributed by atoms with Crippen LogP contribution in [0.4, 0.5) is 10.5 Å². The molecule has 9 heteroatoms. The first-order valence-electron chi connectivity index (χ1n) is 5.56. The smallest absolute Gasteiger partial charge is 0.328 e. The lowest BCUT2D eigenvalue weighted by Crippen LogP contribution is -2.47. The van der Waals surface area contributed by atoms with Gasteiger partial charge in [-0.3, -0.25) is 10.1 Å². The third kappa shape index (κ3) is 4.21. The van der Waals surface area contributed by atoms with E-state index in [2.05, 4.69) is 5.32 Å². The van der Waals surface area contributed by atoms with E-state index in [1.165, 1.54) is 18.2 Å². The van der Waals surface area contributed by atoms with E-state index in [9.17, 15) is 19.7 Å². The summed E-state index contributed by atoms with van der Waals surface area (Å²) >= 11 is 0. The van der Waals surface area contributed by atoms with Crippen molar-refractivity contribution in [2.75, 3.05) is 6.61 Å². The van der Waals surface area contributed by atoms with Crippen molar-refractivity contribution in [1.82, 2.24) is 10.6 Å². The quantitative estimate of drug-likeness (QED) is 0.422. The average molecular weight is 283 g/mol. The van der Waals surface area contributed by atoms with Gasteiger partial charge >= 0.3 is 12.0 Å². The van der Waals surface area contributed by atoms with Crippen molar-refractivity contribution in [3.63, 3.8) is 0 Å². The van der Waals surface area contributed by atoms with Gasteiger partial charge in [0.2, 0.25) is 0 Å². The summed E-state index contributed by atoms with van der Waals surface area (Å²) < 4.78 is 0. The summed E-state index contributed by atoms with van der Waals surface area (Å²) in [5.74, 6) is -1.38. The molecule has 0 aliphatic carbocycles. The van der Waals surface area contributed by atoms with Crippen LogP contribution in [0.25, 0.3) is 0 Å². The third-order valence-electron chi connectivity index (χ3n) is 2.41. The number of aliphatic carboxylic acids is 1. The van der Waals surface area contributed by atoms with Crippen molar-refractivity contribution in [3.8, 4) is 0 Å². The maximum atomic E-state index is 11.4. The molecule has 0 fully saturated rings. The standard InChI is InChI=1S/C11H13N3O6/c15-6-8(10(16)17)13-11(18)12-5-7-3-1-2-4-9(7)14(19)20/h1-4,8,15H,5-6H2,(H,16,17)(H2,12,13,18)/t8-/m1/s1. The van der Waals surface area contributed by atoms with E-state index >= 15 is 0 Å². The molecule has 20 heavy (non-hydrogen) atoms. The van der Waals surface area contributed by atoms with Crippen LogP contribution in [0.2, 0.25) is 0 Å². The molecule has 1 rings (SSSR count). The van der Waals surface area contributed by atoms with E-state index in [1.807, 2.05) is 5.32 Å². The summed E-state index contributed by atoms with van der Waals surface area (Å²) in [7, 11) is 0. The fourth-order valence-electron chi connectivity index (χ4n) is 1.41. The largest absolute Gasteiger partial charge is 0.480 e. The fourth-order valence-corrected chi connectivity index (χ4v) is 1.41. The third-order valence-corrected chi connectivity index (χ3v) is 2.41. The molecule has 0 aliphatic heterocycles. The fraction of sp³-hybridized carbons (Fsp3) is 0.273. The van der Waals surface area contributed by atoms with E-state index in [0.29, 0.717) is 0 Å². The Kier molecular flexibility index (Phi) is 5.42. The molecule has 0 bridgehead atoms. The van der Waals surface area contributed by atoms with Gasteiger partial charge in [-0.25, -0.2) is 9.59 Å². The molecule has 1 atom stereocenters. The highest BCUT2D eigenvalue weighted by atomic mass is 16.6. The number of carbonyl (C=O) groups is 2. The first-order chi connectivity index (χ1) is 9.45. The SMILES string of the molecule is O=C(NCc1ccccc1[N+](=O)[O-])N[C@H](CO)C(=O)O. The molecule has 1 aromatic carbocycles. The molecular weight excluding hydrogens is 270 g/mol. The predicted molar refractivity (Wildman–Crippen MR) is 67.0 cm³/mol. The van der Waals surface area contributed by atoms with Crippen molar-refractivity contribution in [1.29, 1.82) is 0 Å². The summed E-state index contributed by atoms with van der Waals surface area (Å²) in [6.45, 7) is -0.894. The summed E-state index contributed by atoms with van der Waals surface area (Å²) in [6, 6.07) is 3.57. The van der Waals surface area contributed by atoms with Gasteiger partial charge in [0, 0.05) is 11.6 Å². The molecule has 0 saturated carbocycles. The highest BCUT2D eigenvalue weighted by Gasteiger charge is 2.19. The summed E-state index contributed by atoms with van der Waals surface area (Å²) in [5, 5.41) is 32.4. The number of carbonyl (C=O) groups excluding carboxylic acids is 1. The van der Waals surface area contributed by atoms with Crippen LogP contribution in [0.5, 0.6) is 0 Å². The minimum absolute atomic E-state index is 0.138. The van der Waals surface area contributed by atoms with Crippen LogP contribution in [-0.4, -0.2) is 39.8 Å². The Morgan fingerprint density at radius 3 is 2.55 bits per heavy atom. The number of para-hydroxylation sites is 1. The molecule has 0 aromatic heterocycles. The van der Waals surface area contributed by atoms with Crippen LogP contribution < -0.4 is 10.6 Å². The molecule has 108 valence electrons. The monoisotopic (exact) mass is 283 g/mol. The number of nitrogens with one attached hydrogen (secondary N) is 2. The number of aliphatic hydroxyl groups is 1. The van der Waals surface area contributed by atoms with Crippen molar-refractivity contribution >= 4 is 17.7 Å². The topological polar surface area (TPSA) is 142 Å². The number of nitro benzene ring substituents is 1. The van der Waals surface area contributed by atoms with E-state index in [4.69, 9.17) is 10.2 Å². The van der Waals surface area contributed by atoms with E-state index in [1.54, 1.807) is 6.07 Å². The molecule has 0 saturated heterocycles. The second kappa shape index (κ2) is 7.04.